The fourth-order valence-corrected chi connectivity index (χ4v) is 4.55. The molecule has 31 heavy (non-hydrogen) atoms. The van der Waals surface area contributed by atoms with Crippen molar-refractivity contribution in [2.45, 2.75) is 13.1 Å². The van der Waals surface area contributed by atoms with Gasteiger partial charge < -0.3 is 5.11 Å². The Kier molecular flexibility index (Phi) is 5.33. The van der Waals surface area contributed by atoms with Crippen LogP contribution in [0.25, 0.3) is 11.6 Å². The van der Waals surface area contributed by atoms with E-state index in [1.165, 1.54) is 11.3 Å². The number of fused-ring (bicyclic) bond motifs is 1. The van der Waals surface area contributed by atoms with Gasteiger partial charge in [-0.1, -0.05) is 90.2 Å². The van der Waals surface area contributed by atoms with Gasteiger partial charge in [0.25, 0.3) is 0 Å². The Morgan fingerprint density at radius 2 is 1.55 bits per heavy atom. The number of thiazole rings is 1. The molecule has 0 atom stereocenters. The highest BCUT2D eigenvalue weighted by Gasteiger charge is 2.16. The van der Waals surface area contributed by atoms with E-state index in [0.717, 1.165) is 37.6 Å². The summed E-state index contributed by atoms with van der Waals surface area (Å²) in [5.41, 5.74) is 5.28. The Balaban J connectivity index is 1.57. The maximum atomic E-state index is 11.1. The summed E-state index contributed by atoms with van der Waals surface area (Å²) in [5.74, 6) is 0.228. The molecule has 0 saturated carbocycles. The van der Waals surface area contributed by atoms with Crippen molar-refractivity contribution in [1.29, 1.82) is 0 Å². The summed E-state index contributed by atoms with van der Waals surface area (Å²) in [5, 5.41) is 11.1. The van der Waals surface area contributed by atoms with Crippen molar-refractivity contribution in [2.75, 3.05) is 0 Å². The van der Waals surface area contributed by atoms with Crippen LogP contribution in [0.4, 0.5) is 5.69 Å². The molecule has 0 aliphatic carbocycles. The summed E-state index contributed by atoms with van der Waals surface area (Å²) in [4.78, 5) is 10.9. The molecule has 5 heteroatoms. The number of nitrogens with zero attached hydrogens (tertiary/aromatic N) is 3. The van der Waals surface area contributed by atoms with Gasteiger partial charge in [0.1, 0.15) is 0 Å². The normalized spacial score (nSPS) is 14.3. The third-order valence-electron chi connectivity index (χ3n) is 5.18. The first-order valence-electron chi connectivity index (χ1n) is 10.1. The first-order chi connectivity index (χ1) is 15.3. The number of benzene rings is 3. The molecule has 1 N–H and O–H groups in total. The summed E-state index contributed by atoms with van der Waals surface area (Å²) in [6, 6.07) is 28.3. The van der Waals surface area contributed by atoms with Gasteiger partial charge in [0.15, 0.2) is 4.80 Å². The van der Waals surface area contributed by atoms with Crippen LogP contribution in [-0.2, 0) is 13.1 Å². The van der Waals surface area contributed by atoms with Crippen LogP contribution in [0.3, 0.4) is 0 Å². The molecule has 5 rings (SSSR count). The fraction of sp³-hybridized carbons (Fsp3) is 0.0769. The Labute approximate surface area is 184 Å². The lowest BCUT2D eigenvalue weighted by molar-refractivity contribution is 0.419. The second kappa shape index (κ2) is 8.58. The molecular formula is C26H21N3OS. The average Bonchev–Trinajstić information content (AvgIpc) is 3.36. The maximum absolute atomic E-state index is 11.1. The van der Waals surface area contributed by atoms with Crippen molar-refractivity contribution in [2.24, 2.45) is 9.98 Å². The van der Waals surface area contributed by atoms with E-state index < -0.39 is 0 Å². The van der Waals surface area contributed by atoms with E-state index in [9.17, 15) is 5.11 Å². The van der Waals surface area contributed by atoms with Crippen molar-refractivity contribution < 1.29 is 5.11 Å². The number of hydrogen-bond donors (Lipinski definition) is 1. The molecule has 4 aromatic rings. The predicted octanol–water partition coefficient (Wildman–Crippen LogP) is 5.66. The molecule has 0 spiro atoms. The van der Waals surface area contributed by atoms with Gasteiger partial charge in [-0.05, 0) is 23.3 Å². The third kappa shape index (κ3) is 4.13. The lowest BCUT2D eigenvalue weighted by Crippen LogP contribution is -2.15. The lowest BCUT2D eigenvalue weighted by atomic mass is 10.1. The topological polar surface area (TPSA) is 49.9 Å². The fourth-order valence-electron chi connectivity index (χ4n) is 3.58. The standard InChI is InChI=1S/C26H21N3OS/c30-25-24(15-21-17-27-23-14-8-7-13-22(21)23)31-26(28-16-19-9-3-1-4-10-19)29(25)18-20-11-5-2-6-12-20/h1-15,17,30H,16,18H2/b21-15-,28-26?. The summed E-state index contributed by atoms with van der Waals surface area (Å²) in [6.45, 7) is 1.13. The molecule has 1 aromatic heterocycles. The molecular weight excluding hydrogens is 402 g/mol. The zero-order chi connectivity index (χ0) is 21.0. The number of aromatic hydroxyl groups is 1. The molecule has 1 aliphatic heterocycles. The van der Waals surface area contributed by atoms with Gasteiger partial charge in [-0.2, -0.15) is 0 Å². The summed E-state index contributed by atoms with van der Waals surface area (Å²) >= 11 is 1.49. The van der Waals surface area contributed by atoms with Crippen LogP contribution >= 0.6 is 11.3 Å². The quantitative estimate of drug-likeness (QED) is 0.442. The number of rotatable bonds is 5. The molecule has 3 aromatic carbocycles. The van der Waals surface area contributed by atoms with Crippen LogP contribution in [0.1, 0.15) is 21.6 Å². The Hall–Kier alpha value is -3.70. The first kappa shape index (κ1) is 19.3. The molecule has 2 heterocycles. The van der Waals surface area contributed by atoms with Gasteiger partial charge in [0.05, 0.1) is 23.7 Å². The highest BCUT2D eigenvalue weighted by atomic mass is 32.1. The van der Waals surface area contributed by atoms with Gasteiger partial charge in [-0.25, -0.2) is 0 Å². The SMILES string of the molecule is Oc1c(/C=C2/C=Nc3ccccc32)sc(=NCc2ccccc2)n1Cc1ccccc1. The van der Waals surface area contributed by atoms with Gasteiger partial charge in [-0.15, -0.1) is 0 Å². The van der Waals surface area contributed by atoms with Gasteiger partial charge in [0, 0.05) is 17.4 Å². The summed E-state index contributed by atoms with van der Waals surface area (Å²) < 4.78 is 1.88. The second-order valence-electron chi connectivity index (χ2n) is 7.32. The molecule has 4 nitrogen and oxygen atoms in total. The number of allylic oxidation sites excluding steroid dienone is 1. The van der Waals surface area contributed by atoms with Crippen LogP contribution in [0, 0.1) is 0 Å². The Morgan fingerprint density at radius 1 is 0.871 bits per heavy atom. The van der Waals surface area contributed by atoms with Crippen molar-refractivity contribution in [1.82, 2.24) is 4.57 Å². The molecule has 0 bridgehead atoms. The van der Waals surface area contributed by atoms with E-state index in [1.54, 1.807) is 0 Å². The van der Waals surface area contributed by atoms with Gasteiger partial charge in [-0.3, -0.25) is 14.6 Å². The summed E-state index contributed by atoms with van der Waals surface area (Å²) in [6.07, 6.45) is 3.85. The van der Waals surface area contributed by atoms with Gasteiger partial charge in [0.2, 0.25) is 5.88 Å². The lowest BCUT2D eigenvalue weighted by Gasteiger charge is -2.06. The minimum atomic E-state index is 0.228. The monoisotopic (exact) mass is 423 g/mol. The van der Waals surface area contributed by atoms with Crippen LogP contribution in [0.2, 0.25) is 0 Å². The highest BCUT2D eigenvalue weighted by molar-refractivity contribution is 7.10. The molecule has 152 valence electrons. The largest absolute Gasteiger partial charge is 0.493 e. The number of hydrogen-bond acceptors (Lipinski definition) is 4. The number of para-hydroxylation sites is 1. The minimum absolute atomic E-state index is 0.228. The predicted molar refractivity (Wildman–Crippen MR) is 128 cm³/mol. The summed E-state index contributed by atoms with van der Waals surface area (Å²) in [7, 11) is 0. The molecule has 0 fully saturated rings. The van der Waals surface area contributed by atoms with Crippen LogP contribution in [-0.4, -0.2) is 15.9 Å². The molecule has 0 radical (unpaired) electrons. The maximum Gasteiger partial charge on any atom is 0.211 e. The molecule has 0 saturated heterocycles. The van der Waals surface area contributed by atoms with E-state index >= 15 is 0 Å². The third-order valence-corrected chi connectivity index (χ3v) is 6.23. The molecule has 1 aliphatic rings. The zero-order valence-corrected chi connectivity index (χ0v) is 17.7. The average molecular weight is 424 g/mol. The van der Waals surface area contributed by atoms with Crippen molar-refractivity contribution in [3.63, 3.8) is 0 Å². The molecule has 0 amide bonds. The van der Waals surface area contributed by atoms with E-state index in [-0.39, 0.29) is 5.88 Å². The first-order valence-corrected chi connectivity index (χ1v) is 11.0. The van der Waals surface area contributed by atoms with Crippen LogP contribution < -0.4 is 4.80 Å². The zero-order valence-electron chi connectivity index (χ0n) is 16.8. The van der Waals surface area contributed by atoms with E-state index in [4.69, 9.17) is 4.99 Å². The van der Waals surface area contributed by atoms with E-state index in [2.05, 4.69) is 35.3 Å². The molecule has 0 unspecified atom stereocenters. The highest BCUT2D eigenvalue weighted by Crippen LogP contribution is 2.34. The van der Waals surface area contributed by atoms with Gasteiger partial charge >= 0.3 is 0 Å². The minimum Gasteiger partial charge on any atom is -0.493 e. The Bertz CT molecular complexity index is 1330. The smallest absolute Gasteiger partial charge is 0.211 e. The second-order valence-corrected chi connectivity index (χ2v) is 8.33. The van der Waals surface area contributed by atoms with Crippen LogP contribution in [0.5, 0.6) is 5.88 Å². The number of aromatic nitrogens is 1. The van der Waals surface area contributed by atoms with E-state index in [1.807, 2.05) is 71.5 Å². The Morgan fingerprint density at radius 3 is 2.32 bits per heavy atom. The van der Waals surface area contributed by atoms with Crippen LogP contribution in [0.15, 0.2) is 94.9 Å². The van der Waals surface area contributed by atoms with Crippen molar-refractivity contribution in [3.8, 4) is 5.88 Å². The van der Waals surface area contributed by atoms with Crippen molar-refractivity contribution in [3.05, 3.63) is 111 Å². The van der Waals surface area contributed by atoms with E-state index in [0.29, 0.717) is 13.1 Å². The van der Waals surface area contributed by atoms with Crippen molar-refractivity contribution >= 4 is 34.9 Å². The number of aliphatic imine (C=N–C) groups is 1.